The van der Waals surface area contributed by atoms with Crippen molar-refractivity contribution in [1.82, 2.24) is 14.6 Å². The number of hydrogen-bond donors (Lipinski definition) is 3. The van der Waals surface area contributed by atoms with Gasteiger partial charge in [0.1, 0.15) is 10.9 Å². The second-order valence-corrected chi connectivity index (χ2v) is 12.1. The van der Waals surface area contributed by atoms with E-state index in [1.165, 1.54) is 6.92 Å². The SMILES string of the molecule is CC(=O)OCCC1CCCCN1C(=O)[C@H](Cc1c[nH]c2ccccc12)NS(=O)(=O)c1cccc2c1NCCC2. The Morgan fingerprint density at radius 1 is 1.13 bits per heavy atom. The van der Waals surface area contributed by atoms with Gasteiger partial charge in [0, 0.05) is 49.6 Å². The Hall–Kier alpha value is -3.37. The Morgan fingerprint density at radius 3 is 2.82 bits per heavy atom. The van der Waals surface area contributed by atoms with Gasteiger partial charge in [-0.25, -0.2) is 8.42 Å². The predicted molar refractivity (Wildman–Crippen MR) is 150 cm³/mol. The molecule has 0 radical (unpaired) electrons. The number of anilines is 1. The molecule has 5 rings (SSSR count). The van der Waals surface area contributed by atoms with Gasteiger partial charge in [-0.2, -0.15) is 4.72 Å². The number of nitrogens with one attached hydrogen (secondary N) is 3. The van der Waals surface area contributed by atoms with Crippen LogP contribution < -0.4 is 10.0 Å². The third-order valence-electron chi connectivity index (χ3n) is 7.69. The van der Waals surface area contributed by atoms with Gasteiger partial charge < -0.3 is 19.9 Å². The average Bonchev–Trinajstić information content (AvgIpc) is 3.34. The van der Waals surface area contributed by atoms with Gasteiger partial charge in [-0.3, -0.25) is 9.59 Å². The monoisotopic (exact) mass is 552 g/mol. The lowest BCUT2D eigenvalue weighted by Gasteiger charge is -2.38. The molecule has 3 heterocycles. The molecule has 208 valence electrons. The molecule has 2 aliphatic rings. The second-order valence-electron chi connectivity index (χ2n) is 10.4. The molecule has 0 aliphatic carbocycles. The van der Waals surface area contributed by atoms with E-state index in [1.54, 1.807) is 17.0 Å². The van der Waals surface area contributed by atoms with Crippen LogP contribution >= 0.6 is 0 Å². The molecule has 1 fully saturated rings. The van der Waals surface area contributed by atoms with Crippen molar-refractivity contribution in [2.24, 2.45) is 0 Å². The van der Waals surface area contributed by atoms with Gasteiger partial charge in [-0.15, -0.1) is 0 Å². The number of aryl methyl sites for hydroxylation is 1. The number of likely N-dealkylation sites (tertiary alicyclic amines) is 1. The Balaban J connectivity index is 1.46. The van der Waals surface area contributed by atoms with E-state index in [9.17, 15) is 18.0 Å². The smallest absolute Gasteiger partial charge is 0.302 e. The zero-order chi connectivity index (χ0) is 27.4. The first kappa shape index (κ1) is 27.2. The van der Waals surface area contributed by atoms with E-state index in [4.69, 9.17) is 4.74 Å². The summed E-state index contributed by atoms with van der Waals surface area (Å²) < 4.78 is 35.6. The maximum atomic E-state index is 14.1. The van der Waals surface area contributed by atoms with E-state index in [-0.39, 0.29) is 35.8 Å². The van der Waals surface area contributed by atoms with Crippen molar-refractivity contribution in [2.45, 2.75) is 68.8 Å². The van der Waals surface area contributed by atoms with Gasteiger partial charge in [0.15, 0.2) is 0 Å². The van der Waals surface area contributed by atoms with Crippen LogP contribution in [0.5, 0.6) is 0 Å². The molecule has 0 spiro atoms. The zero-order valence-corrected chi connectivity index (χ0v) is 23.1. The third kappa shape index (κ3) is 6.12. The first-order valence-electron chi connectivity index (χ1n) is 13.7. The summed E-state index contributed by atoms with van der Waals surface area (Å²) in [5.74, 6) is -0.609. The maximum absolute atomic E-state index is 14.1. The number of amides is 1. The molecule has 1 unspecified atom stereocenters. The number of aromatic amines is 1. The van der Waals surface area contributed by atoms with Gasteiger partial charge in [0.05, 0.1) is 12.3 Å². The van der Waals surface area contributed by atoms with Crippen molar-refractivity contribution in [3.8, 4) is 0 Å². The summed E-state index contributed by atoms with van der Waals surface area (Å²) >= 11 is 0. The number of nitrogens with zero attached hydrogens (tertiary/aromatic N) is 1. The Kier molecular flexibility index (Phi) is 8.23. The highest BCUT2D eigenvalue weighted by molar-refractivity contribution is 7.89. The Morgan fingerprint density at radius 2 is 1.97 bits per heavy atom. The summed E-state index contributed by atoms with van der Waals surface area (Å²) in [6.45, 7) is 2.84. The van der Waals surface area contributed by atoms with Crippen molar-refractivity contribution in [1.29, 1.82) is 0 Å². The van der Waals surface area contributed by atoms with Crippen molar-refractivity contribution < 1.29 is 22.7 Å². The van der Waals surface area contributed by atoms with Crippen LogP contribution in [0.3, 0.4) is 0 Å². The molecule has 39 heavy (non-hydrogen) atoms. The topological polar surface area (TPSA) is 121 Å². The molecule has 9 nitrogen and oxygen atoms in total. The molecule has 2 aromatic carbocycles. The number of carbonyl (C=O) groups is 2. The lowest BCUT2D eigenvalue weighted by atomic mass is 9.97. The van der Waals surface area contributed by atoms with Crippen LogP contribution in [0, 0.1) is 0 Å². The van der Waals surface area contributed by atoms with Crippen LogP contribution in [-0.2, 0) is 37.2 Å². The molecular weight excluding hydrogens is 516 g/mol. The quantitative estimate of drug-likeness (QED) is 0.348. The van der Waals surface area contributed by atoms with E-state index in [2.05, 4.69) is 15.0 Å². The van der Waals surface area contributed by atoms with E-state index in [0.29, 0.717) is 25.2 Å². The highest BCUT2D eigenvalue weighted by Gasteiger charge is 2.35. The molecule has 1 amide bonds. The van der Waals surface area contributed by atoms with Crippen LogP contribution in [-0.4, -0.2) is 62.0 Å². The van der Waals surface area contributed by atoms with Crippen molar-refractivity contribution in [3.63, 3.8) is 0 Å². The first-order chi connectivity index (χ1) is 18.8. The largest absolute Gasteiger partial charge is 0.466 e. The number of ether oxygens (including phenoxy) is 1. The molecule has 1 aromatic heterocycles. The van der Waals surface area contributed by atoms with Gasteiger partial charge >= 0.3 is 5.97 Å². The van der Waals surface area contributed by atoms with E-state index >= 15 is 0 Å². The molecule has 0 bridgehead atoms. The molecule has 2 aliphatic heterocycles. The number of sulfonamides is 1. The van der Waals surface area contributed by atoms with E-state index < -0.39 is 16.1 Å². The molecule has 1 saturated heterocycles. The van der Waals surface area contributed by atoms with Gasteiger partial charge in [-0.1, -0.05) is 30.3 Å². The lowest BCUT2D eigenvalue weighted by molar-refractivity contribution is -0.142. The Bertz CT molecular complexity index is 1450. The molecule has 10 heteroatoms. The number of carbonyl (C=O) groups excluding carboxylic acids is 2. The van der Waals surface area contributed by atoms with Crippen molar-refractivity contribution >= 4 is 38.5 Å². The summed E-state index contributed by atoms with van der Waals surface area (Å²) in [6, 6.07) is 12.0. The normalized spacial score (nSPS) is 18.3. The fourth-order valence-electron chi connectivity index (χ4n) is 5.78. The average molecular weight is 553 g/mol. The molecule has 3 N–H and O–H groups in total. The number of benzene rings is 2. The second kappa shape index (κ2) is 11.8. The van der Waals surface area contributed by atoms with E-state index in [0.717, 1.165) is 54.1 Å². The van der Waals surface area contributed by atoms with Crippen molar-refractivity contribution in [2.75, 3.05) is 25.0 Å². The number of rotatable bonds is 9. The first-order valence-corrected chi connectivity index (χ1v) is 15.2. The minimum absolute atomic E-state index is 0.119. The number of hydrogen-bond acceptors (Lipinski definition) is 6. The highest BCUT2D eigenvalue weighted by atomic mass is 32.2. The third-order valence-corrected chi connectivity index (χ3v) is 9.20. The van der Waals surface area contributed by atoms with Crippen LogP contribution in [0.25, 0.3) is 10.9 Å². The van der Waals surface area contributed by atoms with Crippen LogP contribution in [0.15, 0.2) is 53.6 Å². The lowest BCUT2D eigenvalue weighted by Crippen LogP contribution is -2.54. The minimum Gasteiger partial charge on any atom is -0.466 e. The van der Waals surface area contributed by atoms with Crippen LogP contribution in [0.1, 0.15) is 50.2 Å². The number of piperidine rings is 1. The molecule has 0 saturated carbocycles. The highest BCUT2D eigenvalue weighted by Crippen LogP contribution is 2.30. The molecule has 3 aromatic rings. The number of aromatic nitrogens is 1. The maximum Gasteiger partial charge on any atom is 0.302 e. The number of fused-ring (bicyclic) bond motifs is 2. The zero-order valence-electron chi connectivity index (χ0n) is 22.2. The minimum atomic E-state index is -4.03. The number of H-pyrrole nitrogens is 1. The number of esters is 1. The summed E-state index contributed by atoms with van der Waals surface area (Å²) in [7, 11) is -4.03. The Labute approximate surface area is 229 Å². The van der Waals surface area contributed by atoms with Gasteiger partial charge in [0.25, 0.3) is 0 Å². The van der Waals surface area contributed by atoms with Crippen LogP contribution in [0.2, 0.25) is 0 Å². The summed E-state index contributed by atoms with van der Waals surface area (Å²) in [4.78, 5) is 30.6. The molecular formula is C29H36N4O5S. The molecule has 2 atom stereocenters. The fourth-order valence-corrected chi connectivity index (χ4v) is 7.20. The predicted octanol–water partition coefficient (Wildman–Crippen LogP) is 3.75. The summed E-state index contributed by atoms with van der Waals surface area (Å²) in [5.41, 5.74) is 3.38. The van der Waals surface area contributed by atoms with Gasteiger partial charge in [-0.05, 0) is 61.8 Å². The number of para-hydroxylation sites is 2. The van der Waals surface area contributed by atoms with E-state index in [1.807, 2.05) is 36.5 Å². The van der Waals surface area contributed by atoms with Crippen molar-refractivity contribution in [3.05, 3.63) is 59.8 Å². The fraction of sp³-hybridized carbons (Fsp3) is 0.448. The van der Waals surface area contributed by atoms with Crippen LogP contribution in [0.4, 0.5) is 5.69 Å². The van der Waals surface area contributed by atoms with Gasteiger partial charge in [0.2, 0.25) is 15.9 Å². The summed E-state index contributed by atoms with van der Waals surface area (Å²) in [6.07, 6.45) is 6.92. The standard InChI is InChI=1S/C29H36N4O5S/c1-20(34)38-17-14-23-10-4-5-16-33(23)29(35)26(18-22-19-31-25-12-3-2-11-24(22)25)32-39(36,37)27-13-6-8-21-9-7-15-30-28(21)27/h2-3,6,8,11-13,19,23,26,30-32H,4-5,7,9-10,14-18H2,1H3/t23?,26-/m0/s1. The summed E-state index contributed by atoms with van der Waals surface area (Å²) in [5, 5.41) is 4.21.